The van der Waals surface area contributed by atoms with Crippen molar-refractivity contribution >= 4 is 11.9 Å². The maximum atomic E-state index is 11.8. The lowest BCUT2D eigenvalue weighted by Crippen LogP contribution is -2.44. The van der Waals surface area contributed by atoms with E-state index in [0.29, 0.717) is 11.5 Å². The van der Waals surface area contributed by atoms with Crippen molar-refractivity contribution in [3.05, 3.63) is 54.6 Å². The lowest BCUT2D eigenvalue weighted by atomic mass is 10.3. The van der Waals surface area contributed by atoms with E-state index in [-0.39, 0.29) is 0 Å². The molecule has 6 nitrogen and oxygen atoms in total. The van der Waals surface area contributed by atoms with Crippen molar-refractivity contribution < 1.29 is 24.2 Å². The predicted octanol–water partition coefficient (Wildman–Crippen LogP) is 2.84. The number of carboxylic acid groups (broad SMARTS) is 1. The van der Waals surface area contributed by atoms with Crippen molar-refractivity contribution in [1.29, 1.82) is 0 Å². The first-order valence-corrected chi connectivity index (χ1v) is 7.48. The Hall–Kier alpha value is -3.02. The number of hydrogen-bond donors (Lipinski definition) is 2. The Labute approximate surface area is 140 Å². The van der Waals surface area contributed by atoms with Crippen LogP contribution in [0.25, 0.3) is 0 Å². The van der Waals surface area contributed by atoms with E-state index < -0.39 is 24.0 Å². The van der Waals surface area contributed by atoms with Gasteiger partial charge < -0.3 is 19.9 Å². The van der Waals surface area contributed by atoms with E-state index in [9.17, 15) is 9.59 Å². The van der Waals surface area contributed by atoms with Crippen LogP contribution in [0.5, 0.6) is 17.2 Å². The third kappa shape index (κ3) is 5.01. The van der Waals surface area contributed by atoms with E-state index in [1.165, 1.54) is 6.92 Å². The molecular weight excluding hydrogens is 310 g/mol. The summed E-state index contributed by atoms with van der Waals surface area (Å²) in [6, 6.07) is 15.2. The first-order valence-electron chi connectivity index (χ1n) is 7.48. The lowest BCUT2D eigenvalue weighted by Gasteiger charge is -2.16. The van der Waals surface area contributed by atoms with Crippen LogP contribution in [0.2, 0.25) is 0 Å². The van der Waals surface area contributed by atoms with Crippen LogP contribution < -0.4 is 14.8 Å². The Kier molecular flexibility index (Phi) is 5.78. The van der Waals surface area contributed by atoms with E-state index in [1.807, 2.05) is 30.3 Å². The minimum atomic E-state index is -1.10. The predicted molar refractivity (Wildman–Crippen MR) is 88.3 cm³/mol. The van der Waals surface area contributed by atoms with Gasteiger partial charge in [-0.05, 0) is 50.2 Å². The highest BCUT2D eigenvalue weighted by molar-refractivity contribution is 5.86. The van der Waals surface area contributed by atoms with Gasteiger partial charge in [0.25, 0.3) is 5.91 Å². The molecule has 1 amide bonds. The van der Waals surface area contributed by atoms with Crippen molar-refractivity contribution in [2.75, 3.05) is 0 Å². The minimum absolute atomic E-state index is 0.487. The number of carbonyl (C=O) groups is 2. The van der Waals surface area contributed by atoms with Gasteiger partial charge in [-0.3, -0.25) is 9.59 Å². The maximum Gasteiger partial charge on any atom is 0.325 e. The molecule has 0 heterocycles. The molecule has 2 atom stereocenters. The van der Waals surface area contributed by atoms with Gasteiger partial charge in [0, 0.05) is 0 Å². The normalized spacial score (nSPS) is 12.8. The molecule has 0 bridgehead atoms. The fourth-order valence-corrected chi connectivity index (χ4v) is 1.86. The van der Waals surface area contributed by atoms with Gasteiger partial charge in [0.2, 0.25) is 0 Å². The summed E-state index contributed by atoms with van der Waals surface area (Å²) in [7, 11) is 0. The van der Waals surface area contributed by atoms with Crippen molar-refractivity contribution in [2.24, 2.45) is 0 Å². The lowest BCUT2D eigenvalue weighted by molar-refractivity contribution is -0.142. The molecule has 2 N–H and O–H groups in total. The summed E-state index contributed by atoms with van der Waals surface area (Å²) >= 11 is 0. The van der Waals surface area contributed by atoms with Crippen LogP contribution in [0.3, 0.4) is 0 Å². The Morgan fingerprint density at radius 1 is 0.917 bits per heavy atom. The van der Waals surface area contributed by atoms with Crippen molar-refractivity contribution in [3.63, 3.8) is 0 Å². The molecule has 2 aromatic rings. The molecule has 6 heteroatoms. The van der Waals surface area contributed by atoms with Gasteiger partial charge in [0.05, 0.1) is 0 Å². The Morgan fingerprint density at radius 2 is 1.46 bits per heavy atom. The fraction of sp³-hybridized carbons (Fsp3) is 0.222. The molecule has 24 heavy (non-hydrogen) atoms. The van der Waals surface area contributed by atoms with Crippen molar-refractivity contribution in [3.8, 4) is 17.2 Å². The van der Waals surface area contributed by atoms with Crippen LogP contribution in [-0.2, 0) is 9.59 Å². The van der Waals surface area contributed by atoms with Gasteiger partial charge in [-0.2, -0.15) is 0 Å². The van der Waals surface area contributed by atoms with Gasteiger partial charge in [-0.15, -0.1) is 0 Å². The smallest absolute Gasteiger partial charge is 0.325 e. The summed E-state index contributed by atoms with van der Waals surface area (Å²) in [5.41, 5.74) is 0. The number of hydrogen-bond acceptors (Lipinski definition) is 4. The number of carboxylic acids is 1. The minimum Gasteiger partial charge on any atom is -0.481 e. The van der Waals surface area contributed by atoms with Crippen LogP contribution in [0, 0.1) is 0 Å². The highest BCUT2D eigenvalue weighted by atomic mass is 16.5. The second kappa shape index (κ2) is 8.01. The monoisotopic (exact) mass is 329 g/mol. The van der Waals surface area contributed by atoms with E-state index in [4.69, 9.17) is 14.6 Å². The van der Waals surface area contributed by atoms with Gasteiger partial charge in [0.1, 0.15) is 23.3 Å². The third-order valence-electron chi connectivity index (χ3n) is 3.21. The molecule has 0 aliphatic carbocycles. The second-order valence-corrected chi connectivity index (χ2v) is 5.22. The van der Waals surface area contributed by atoms with E-state index in [1.54, 1.807) is 31.2 Å². The summed E-state index contributed by atoms with van der Waals surface area (Å²) in [6.45, 7) is 2.95. The Balaban J connectivity index is 1.91. The number of aliphatic carboxylic acids is 1. The molecule has 2 rings (SSSR count). The molecule has 0 radical (unpaired) electrons. The molecule has 0 fully saturated rings. The standard InChI is InChI=1S/C18H19NO5/c1-12(18(21)22)19-17(20)13(2)23-15-8-10-16(11-9-15)24-14-6-4-3-5-7-14/h3-13H,1-2H3,(H,19,20)(H,21,22). The average molecular weight is 329 g/mol. The van der Waals surface area contributed by atoms with Gasteiger partial charge in [-0.1, -0.05) is 18.2 Å². The number of para-hydroxylation sites is 1. The van der Waals surface area contributed by atoms with E-state index in [0.717, 1.165) is 5.75 Å². The fourth-order valence-electron chi connectivity index (χ4n) is 1.86. The zero-order chi connectivity index (χ0) is 17.5. The summed E-state index contributed by atoms with van der Waals surface area (Å²) in [6.07, 6.45) is -0.812. The van der Waals surface area contributed by atoms with Gasteiger partial charge >= 0.3 is 5.97 Å². The maximum absolute atomic E-state index is 11.8. The van der Waals surface area contributed by atoms with Crippen LogP contribution >= 0.6 is 0 Å². The summed E-state index contributed by atoms with van der Waals surface area (Å²) in [4.78, 5) is 22.6. The zero-order valence-electron chi connectivity index (χ0n) is 13.4. The van der Waals surface area contributed by atoms with E-state index in [2.05, 4.69) is 5.32 Å². The van der Waals surface area contributed by atoms with Crippen LogP contribution in [-0.4, -0.2) is 29.1 Å². The molecule has 0 saturated carbocycles. The molecule has 2 unspecified atom stereocenters. The van der Waals surface area contributed by atoms with Crippen LogP contribution in [0.15, 0.2) is 54.6 Å². The number of rotatable bonds is 7. The zero-order valence-corrected chi connectivity index (χ0v) is 13.4. The highest BCUT2D eigenvalue weighted by Crippen LogP contribution is 2.23. The second-order valence-electron chi connectivity index (χ2n) is 5.22. The molecule has 126 valence electrons. The number of carbonyl (C=O) groups excluding carboxylic acids is 1. The van der Waals surface area contributed by atoms with Gasteiger partial charge in [-0.25, -0.2) is 0 Å². The van der Waals surface area contributed by atoms with Crippen molar-refractivity contribution in [1.82, 2.24) is 5.32 Å². The molecule has 2 aromatic carbocycles. The summed E-state index contributed by atoms with van der Waals surface area (Å²) in [5, 5.41) is 11.1. The molecule has 0 saturated heterocycles. The highest BCUT2D eigenvalue weighted by Gasteiger charge is 2.20. The topological polar surface area (TPSA) is 84.9 Å². The molecule has 0 spiro atoms. The summed E-state index contributed by atoms with van der Waals surface area (Å²) in [5.74, 6) is 0.264. The third-order valence-corrected chi connectivity index (χ3v) is 3.21. The number of amides is 1. The van der Waals surface area contributed by atoms with Gasteiger partial charge in [0.15, 0.2) is 6.10 Å². The SMILES string of the molecule is CC(NC(=O)C(C)Oc1ccc(Oc2ccccc2)cc1)C(=O)O. The number of nitrogens with one attached hydrogen (secondary N) is 1. The van der Waals surface area contributed by atoms with Crippen molar-refractivity contribution in [2.45, 2.75) is 26.0 Å². The first kappa shape index (κ1) is 17.3. The largest absolute Gasteiger partial charge is 0.481 e. The quantitative estimate of drug-likeness (QED) is 0.816. The van der Waals surface area contributed by atoms with Crippen LogP contribution in [0.1, 0.15) is 13.8 Å². The molecular formula is C18H19NO5. The average Bonchev–Trinajstić information content (AvgIpc) is 2.57. The molecule has 0 aliphatic heterocycles. The Morgan fingerprint density at radius 3 is 2.04 bits per heavy atom. The van der Waals surface area contributed by atoms with E-state index >= 15 is 0 Å². The van der Waals surface area contributed by atoms with Crippen LogP contribution in [0.4, 0.5) is 0 Å². The Bertz CT molecular complexity index is 684. The number of benzene rings is 2. The molecule has 0 aliphatic rings. The summed E-state index contributed by atoms with van der Waals surface area (Å²) < 4.78 is 11.2. The number of ether oxygens (including phenoxy) is 2. The first-order chi connectivity index (χ1) is 11.5. The molecule has 0 aromatic heterocycles.